The number of phenolic OH excluding ortho intramolecular Hbond substituents is 1. The van der Waals surface area contributed by atoms with Crippen molar-refractivity contribution in [1.82, 2.24) is 10.6 Å². The van der Waals surface area contributed by atoms with E-state index < -0.39 is 11.8 Å². The van der Waals surface area contributed by atoms with Gasteiger partial charge in [0.2, 0.25) is 0 Å². The number of oxime groups is 2. The van der Waals surface area contributed by atoms with Gasteiger partial charge < -0.3 is 36.6 Å². The van der Waals surface area contributed by atoms with Gasteiger partial charge >= 0.3 is 0 Å². The van der Waals surface area contributed by atoms with Crippen LogP contribution in [0.1, 0.15) is 30.4 Å². The molecule has 14 heteroatoms. The van der Waals surface area contributed by atoms with Crippen LogP contribution in [0.15, 0.2) is 54.1 Å². The first-order valence-corrected chi connectivity index (χ1v) is 14.3. The highest BCUT2D eigenvalue weighted by atomic mass is 79.9. The van der Waals surface area contributed by atoms with Crippen molar-refractivity contribution >= 4 is 71.0 Å². The monoisotopic (exact) mass is 733 g/mol. The molecular weight excluding hydrogens is 706 g/mol. The molecule has 0 radical (unpaired) electrons. The van der Waals surface area contributed by atoms with Gasteiger partial charge in [0.15, 0.2) is 0 Å². The molecule has 0 saturated heterocycles. The summed E-state index contributed by atoms with van der Waals surface area (Å²) >= 11 is 10.1. The molecule has 2 aromatic carbocycles. The standard InChI is InChI=1S/C25H30Br3N5O6/c26-17-10-15(4-5-22(17)34)13-20(32-37)24(35)31-8-3-9-39-23-18(27)11-16(12-19(23)28)14-21(33-38)25(36)30-7-2-1-6-29/h4-5,10-12,34,37-38H,1-3,6-9,13-14,29H2,(H,30,36)(H,31,35). The average molecular weight is 736 g/mol. The Bertz CT molecular complexity index is 1190. The Morgan fingerprint density at radius 3 is 1.90 bits per heavy atom. The second-order valence-electron chi connectivity index (χ2n) is 8.33. The number of unbranched alkanes of at least 4 members (excludes halogenated alkanes) is 1. The minimum Gasteiger partial charge on any atom is -0.507 e. The van der Waals surface area contributed by atoms with Crippen molar-refractivity contribution in [3.63, 3.8) is 0 Å². The fraction of sp³-hybridized carbons (Fsp3) is 0.360. The number of rotatable bonds is 15. The number of phenols is 1. The lowest BCUT2D eigenvalue weighted by Crippen LogP contribution is -2.33. The van der Waals surface area contributed by atoms with Crippen molar-refractivity contribution in [3.8, 4) is 11.5 Å². The Labute approximate surface area is 251 Å². The zero-order valence-corrected chi connectivity index (χ0v) is 25.7. The summed E-state index contributed by atoms with van der Waals surface area (Å²) in [5.74, 6) is -0.360. The van der Waals surface area contributed by atoms with E-state index in [9.17, 15) is 25.1 Å². The summed E-state index contributed by atoms with van der Waals surface area (Å²) in [6.07, 6.45) is 2.20. The molecule has 0 aliphatic heterocycles. The Balaban J connectivity index is 1.83. The molecule has 212 valence electrons. The average Bonchev–Trinajstić information content (AvgIpc) is 2.91. The van der Waals surface area contributed by atoms with Gasteiger partial charge in [-0.15, -0.1) is 0 Å². The normalized spacial score (nSPS) is 11.8. The minimum atomic E-state index is -0.516. The van der Waals surface area contributed by atoms with E-state index in [4.69, 9.17) is 10.5 Å². The molecule has 0 aromatic heterocycles. The second kappa shape index (κ2) is 17.1. The zero-order chi connectivity index (χ0) is 28.8. The first-order valence-electron chi connectivity index (χ1n) is 12.0. The second-order valence-corrected chi connectivity index (χ2v) is 10.9. The van der Waals surface area contributed by atoms with E-state index in [0.717, 1.165) is 18.4 Å². The molecule has 2 rings (SSSR count). The number of ether oxygens (including phenoxy) is 1. The number of nitrogens with zero attached hydrogens (tertiary/aromatic N) is 2. The summed E-state index contributed by atoms with van der Waals surface area (Å²) in [5, 5.41) is 39.8. The Morgan fingerprint density at radius 2 is 1.36 bits per heavy atom. The molecule has 39 heavy (non-hydrogen) atoms. The molecule has 0 atom stereocenters. The molecule has 0 heterocycles. The van der Waals surface area contributed by atoms with Crippen LogP contribution in [0.25, 0.3) is 0 Å². The van der Waals surface area contributed by atoms with Crippen LogP contribution in [0.3, 0.4) is 0 Å². The third-order valence-corrected chi connectivity index (χ3v) is 7.16. The number of nitrogens with one attached hydrogen (secondary N) is 2. The fourth-order valence-corrected chi connectivity index (χ4v) is 5.28. The summed E-state index contributed by atoms with van der Waals surface area (Å²) in [6, 6.07) is 8.28. The van der Waals surface area contributed by atoms with E-state index in [-0.39, 0.29) is 43.2 Å². The molecule has 0 spiro atoms. The van der Waals surface area contributed by atoms with Gasteiger partial charge in [-0.1, -0.05) is 16.4 Å². The number of nitrogens with two attached hydrogens (primary N) is 1. The first kappa shape index (κ1) is 32.5. The van der Waals surface area contributed by atoms with E-state index in [1.807, 2.05) is 0 Å². The maximum absolute atomic E-state index is 12.4. The zero-order valence-electron chi connectivity index (χ0n) is 20.9. The van der Waals surface area contributed by atoms with Crippen molar-refractivity contribution < 1.29 is 29.8 Å². The van der Waals surface area contributed by atoms with Crippen LogP contribution >= 0.6 is 47.8 Å². The highest BCUT2D eigenvalue weighted by molar-refractivity contribution is 9.11. The molecule has 2 aromatic rings. The van der Waals surface area contributed by atoms with Gasteiger partial charge in [0.05, 0.1) is 20.0 Å². The SMILES string of the molecule is NCCCCNC(=O)C(Cc1cc(Br)c(OCCCNC(=O)C(Cc2ccc(O)c(Br)c2)=NO)c(Br)c1)=NO. The van der Waals surface area contributed by atoms with Gasteiger partial charge in [-0.2, -0.15) is 0 Å². The van der Waals surface area contributed by atoms with Gasteiger partial charge in [-0.25, -0.2) is 0 Å². The van der Waals surface area contributed by atoms with Crippen molar-refractivity contribution in [1.29, 1.82) is 0 Å². The predicted octanol–water partition coefficient (Wildman–Crippen LogP) is 3.87. The lowest BCUT2D eigenvalue weighted by Gasteiger charge is -2.13. The van der Waals surface area contributed by atoms with Gasteiger partial charge in [-0.05, 0) is 109 Å². The van der Waals surface area contributed by atoms with Gasteiger partial charge in [0.25, 0.3) is 11.8 Å². The minimum absolute atomic E-state index is 0.0187. The summed E-state index contributed by atoms with van der Waals surface area (Å²) in [6.45, 7) is 1.55. The highest BCUT2D eigenvalue weighted by Gasteiger charge is 2.17. The van der Waals surface area contributed by atoms with Crippen LogP contribution in [0.5, 0.6) is 11.5 Å². The molecular formula is C25H30Br3N5O6. The third kappa shape index (κ3) is 10.8. The number of benzene rings is 2. The van der Waals surface area contributed by atoms with Crippen LogP contribution < -0.4 is 21.1 Å². The molecule has 0 bridgehead atoms. The molecule has 0 aliphatic rings. The Kier molecular flexibility index (Phi) is 14.3. The lowest BCUT2D eigenvalue weighted by molar-refractivity contribution is -0.115. The van der Waals surface area contributed by atoms with E-state index in [1.165, 1.54) is 6.07 Å². The third-order valence-electron chi connectivity index (χ3n) is 5.35. The molecule has 7 N–H and O–H groups in total. The number of amides is 2. The van der Waals surface area contributed by atoms with Crippen molar-refractivity contribution in [3.05, 3.63) is 54.9 Å². The molecule has 0 fully saturated rings. The van der Waals surface area contributed by atoms with Crippen LogP contribution in [0.4, 0.5) is 0 Å². The number of carbonyl (C=O) groups excluding carboxylic acids is 2. The lowest BCUT2D eigenvalue weighted by atomic mass is 10.1. The molecule has 0 unspecified atom stereocenters. The van der Waals surface area contributed by atoms with E-state index in [0.29, 0.717) is 44.2 Å². The van der Waals surface area contributed by atoms with Gasteiger partial charge in [0, 0.05) is 25.9 Å². The predicted molar refractivity (Wildman–Crippen MR) is 158 cm³/mol. The van der Waals surface area contributed by atoms with E-state index in [2.05, 4.69) is 68.7 Å². The van der Waals surface area contributed by atoms with Crippen molar-refractivity contribution in [2.75, 3.05) is 26.2 Å². The van der Waals surface area contributed by atoms with Crippen LogP contribution in [-0.4, -0.2) is 65.0 Å². The topological polar surface area (TPSA) is 179 Å². The van der Waals surface area contributed by atoms with E-state index in [1.54, 1.807) is 24.3 Å². The van der Waals surface area contributed by atoms with Crippen LogP contribution in [0.2, 0.25) is 0 Å². The number of halogens is 3. The summed E-state index contributed by atoms with van der Waals surface area (Å²) in [4.78, 5) is 24.6. The Hall–Kier alpha value is -2.68. The highest BCUT2D eigenvalue weighted by Crippen LogP contribution is 2.35. The molecule has 11 nitrogen and oxygen atoms in total. The largest absolute Gasteiger partial charge is 0.507 e. The van der Waals surface area contributed by atoms with E-state index >= 15 is 0 Å². The van der Waals surface area contributed by atoms with Crippen molar-refractivity contribution in [2.24, 2.45) is 16.0 Å². The molecule has 2 amide bonds. The maximum atomic E-state index is 12.4. The number of hydrogen-bond acceptors (Lipinski definition) is 9. The van der Waals surface area contributed by atoms with Crippen LogP contribution in [-0.2, 0) is 22.4 Å². The number of carbonyl (C=O) groups is 2. The molecule has 0 saturated carbocycles. The fourth-order valence-electron chi connectivity index (χ4n) is 3.35. The van der Waals surface area contributed by atoms with Crippen molar-refractivity contribution in [2.45, 2.75) is 32.1 Å². The quantitative estimate of drug-likeness (QED) is 0.0696. The maximum Gasteiger partial charge on any atom is 0.269 e. The summed E-state index contributed by atoms with van der Waals surface area (Å²) in [7, 11) is 0. The first-order chi connectivity index (χ1) is 18.7. The van der Waals surface area contributed by atoms with Gasteiger partial charge in [-0.3, -0.25) is 9.59 Å². The van der Waals surface area contributed by atoms with Crippen LogP contribution in [0, 0.1) is 0 Å². The smallest absolute Gasteiger partial charge is 0.269 e. The number of hydrogen-bond donors (Lipinski definition) is 6. The molecule has 0 aliphatic carbocycles. The summed E-state index contributed by atoms with van der Waals surface area (Å²) < 4.78 is 7.58. The summed E-state index contributed by atoms with van der Waals surface area (Å²) in [5.41, 5.74) is 6.76. The van der Waals surface area contributed by atoms with Gasteiger partial charge in [0.1, 0.15) is 22.9 Å². The number of aromatic hydroxyl groups is 1. The Morgan fingerprint density at radius 1 is 0.821 bits per heavy atom.